The van der Waals surface area contributed by atoms with Crippen LogP contribution in [0.5, 0.6) is 5.75 Å². The minimum Gasteiger partial charge on any atom is -0.497 e. The molecule has 0 aliphatic heterocycles. The lowest BCUT2D eigenvalue weighted by molar-refractivity contribution is 0.102. The van der Waals surface area contributed by atoms with Crippen LogP contribution in [0, 0.1) is 0 Å². The highest BCUT2D eigenvalue weighted by atomic mass is 35.5. The van der Waals surface area contributed by atoms with Crippen LogP contribution in [0.3, 0.4) is 0 Å². The quantitative estimate of drug-likeness (QED) is 0.455. The molecule has 0 unspecified atom stereocenters. The van der Waals surface area contributed by atoms with Gasteiger partial charge in [-0.2, -0.15) is 0 Å². The molecule has 0 saturated heterocycles. The number of hydrogen-bond acceptors (Lipinski definition) is 7. The molecule has 128 valence electrons. The van der Waals surface area contributed by atoms with Gasteiger partial charge in [-0.25, -0.2) is 0 Å². The molecular formula is C17H14ClN3O2S2. The Morgan fingerprint density at radius 2 is 1.96 bits per heavy atom. The average Bonchev–Trinajstić information content (AvgIpc) is 3.08. The topological polar surface area (TPSA) is 64.1 Å². The van der Waals surface area contributed by atoms with Gasteiger partial charge in [-0.3, -0.25) is 4.79 Å². The maximum absolute atomic E-state index is 12.2. The van der Waals surface area contributed by atoms with E-state index in [1.165, 1.54) is 23.1 Å². The SMILES string of the molecule is COc1ccc(Nc2nnc(SCC(=O)c3ccccc3Cl)s2)cc1. The number of carbonyl (C=O) groups excluding carboxylic acids is 1. The van der Waals surface area contributed by atoms with E-state index >= 15 is 0 Å². The van der Waals surface area contributed by atoms with Gasteiger partial charge in [-0.1, -0.05) is 46.8 Å². The van der Waals surface area contributed by atoms with Gasteiger partial charge in [0, 0.05) is 11.3 Å². The Morgan fingerprint density at radius 3 is 2.68 bits per heavy atom. The van der Waals surface area contributed by atoms with Crippen molar-refractivity contribution in [3.05, 3.63) is 59.1 Å². The van der Waals surface area contributed by atoms with Crippen molar-refractivity contribution in [2.75, 3.05) is 18.2 Å². The first kappa shape index (κ1) is 17.7. The van der Waals surface area contributed by atoms with Crippen molar-refractivity contribution in [1.82, 2.24) is 10.2 Å². The summed E-state index contributed by atoms with van der Waals surface area (Å²) in [4.78, 5) is 12.2. The van der Waals surface area contributed by atoms with Crippen LogP contribution in [-0.4, -0.2) is 28.8 Å². The third-order valence-electron chi connectivity index (χ3n) is 3.25. The lowest BCUT2D eigenvalue weighted by Gasteiger charge is -2.03. The van der Waals surface area contributed by atoms with Crippen LogP contribution in [0.4, 0.5) is 10.8 Å². The molecule has 8 heteroatoms. The number of aromatic nitrogens is 2. The Labute approximate surface area is 158 Å². The first-order chi connectivity index (χ1) is 12.2. The van der Waals surface area contributed by atoms with Crippen molar-refractivity contribution in [1.29, 1.82) is 0 Å². The molecule has 25 heavy (non-hydrogen) atoms. The van der Waals surface area contributed by atoms with Crippen molar-refractivity contribution in [2.45, 2.75) is 4.34 Å². The Bertz CT molecular complexity index is 868. The standard InChI is InChI=1S/C17H14ClN3O2S2/c1-23-12-8-6-11(7-9-12)19-16-20-21-17(25-16)24-10-15(22)13-4-2-3-5-14(13)18/h2-9H,10H2,1H3,(H,19,20). The second-order valence-electron chi connectivity index (χ2n) is 4.92. The molecule has 2 aromatic carbocycles. The van der Waals surface area contributed by atoms with Gasteiger partial charge in [-0.15, -0.1) is 10.2 Å². The first-order valence-electron chi connectivity index (χ1n) is 7.31. The predicted octanol–water partition coefficient (Wildman–Crippen LogP) is 4.92. The number of methoxy groups -OCH3 is 1. The Kier molecular flexibility index (Phi) is 5.91. The maximum atomic E-state index is 12.2. The van der Waals surface area contributed by atoms with Gasteiger partial charge in [0.2, 0.25) is 5.13 Å². The molecule has 0 radical (unpaired) electrons. The number of rotatable bonds is 7. The van der Waals surface area contributed by atoms with Gasteiger partial charge in [0.05, 0.1) is 17.9 Å². The first-order valence-corrected chi connectivity index (χ1v) is 9.49. The third-order valence-corrected chi connectivity index (χ3v) is 5.55. The van der Waals surface area contributed by atoms with E-state index in [2.05, 4.69) is 15.5 Å². The fourth-order valence-electron chi connectivity index (χ4n) is 2.01. The van der Waals surface area contributed by atoms with E-state index in [1.54, 1.807) is 31.4 Å². The van der Waals surface area contributed by atoms with Crippen molar-refractivity contribution in [3.63, 3.8) is 0 Å². The van der Waals surface area contributed by atoms with Crippen molar-refractivity contribution in [2.24, 2.45) is 0 Å². The zero-order valence-electron chi connectivity index (χ0n) is 13.2. The number of anilines is 2. The fraction of sp³-hybridized carbons (Fsp3) is 0.118. The van der Waals surface area contributed by atoms with E-state index in [1.807, 2.05) is 24.3 Å². The molecule has 5 nitrogen and oxygen atoms in total. The summed E-state index contributed by atoms with van der Waals surface area (Å²) in [6, 6.07) is 14.5. The molecule has 0 atom stereocenters. The Balaban J connectivity index is 1.58. The highest BCUT2D eigenvalue weighted by Gasteiger charge is 2.12. The van der Waals surface area contributed by atoms with Crippen LogP contribution in [0.2, 0.25) is 5.02 Å². The largest absolute Gasteiger partial charge is 0.497 e. The van der Waals surface area contributed by atoms with E-state index in [4.69, 9.17) is 16.3 Å². The highest BCUT2D eigenvalue weighted by molar-refractivity contribution is 8.01. The number of nitrogens with zero attached hydrogens (tertiary/aromatic N) is 2. The van der Waals surface area contributed by atoms with Crippen LogP contribution in [0.15, 0.2) is 52.9 Å². The number of ether oxygens (including phenoxy) is 1. The molecule has 0 bridgehead atoms. The molecule has 0 amide bonds. The number of halogens is 1. The number of Topliss-reactive ketones (excluding diaryl/α,β-unsaturated/α-hetero) is 1. The second-order valence-corrected chi connectivity index (χ2v) is 7.53. The summed E-state index contributed by atoms with van der Waals surface area (Å²) >= 11 is 8.78. The van der Waals surface area contributed by atoms with Gasteiger partial charge in [0.25, 0.3) is 0 Å². The fourth-order valence-corrected chi connectivity index (χ4v) is 3.91. The van der Waals surface area contributed by atoms with E-state index in [9.17, 15) is 4.79 Å². The Hall–Kier alpha value is -2.09. The number of ketones is 1. The zero-order chi connectivity index (χ0) is 17.6. The number of hydrogen-bond donors (Lipinski definition) is 1. The smallest absolute Gasteiger partial charge is 0.210 e. The van der Waals surface area contributed by atoms with Gasteiger partial charge in [0.1, 0.15) is 5.75 Å². The molecule has 0 spiro atoms. The normalized spacial score (nSPS) is 10.5. The van der Waals surface area contributed by atoms with Crippen molar-refractivity contribution >= 4 is 51.3 Å². The molecule has 1 heterocycles. The molecule has 3 aromatic rings. The Morgan fingerprint density at radius 1 is 1.20 bits per heavy atom. The molecule has 0 fully saturated rings. The van der Waals surface area contributed by atoms with Crippen LogP contribution >= 0.6 is 34.7 Å². The third kappa shape index (κ3) is 4.72. The molecule has 1 N–H and O–H groups in total. The second kappa shape index (κ2) is 8.33. The van der Waals surface area contributed by atoms with Gasteiger partial charge >= 0.3 is 0 Å². The predicted molar refractivity (Wildman–Crippen MR) is 103 cm³/mol. The van der Waals surface area contributed by atoms with E-state index in [0.717, 1.165) is 15.8 Å². The van der Waals surface area contributed by atoms with Crippen LogP contribution in [0.25, 0.3) is 0 Å². The molecular weight excluding hydrogens is 378 g/mol. The van der Waals surface area contributed by atoms with Crippen LogP contribution in [0.1, 0.15) is 10.4 Å². The lowest BCUT2D eigenvalue weighted by atomic mass is 10.1. The summed E-state index contributed by atoms with van der Waals surface area (Å²) in [6.07, 6.45) is 0. The summed E-state index contributed by atoms with van der Waals surface area (Å²) in [6.45, 7) is 0. The average molecular weight is 392 g/mol. The van der Waals surface area contributed by atoms with Crippen LogP contribution in [-0.2, 0) is 0 Å². The molecule has 0 aliphatic carbocycles. The number of benzene rings is 2. The van der Waals surface area contributed by atoms with E-state index in [-0.39, 0.29) is 11.5 Å². The van der Waals surface area contributed by atoms with Gasteiger partial charge in [0.15, 0.2) is 10.1 Å². The van der Waals surface area contributed by atoms with Crippen LogP contribution < -0.4 is 10.1 Å². The maximum Gasteiger partial charge on any atom is 0.210 e. The minimum atomic E-state index is -0.0320. The summed E-state index contributed by atoms with van der Waals surface area (Å²) in [5.74, 6) is 1.02. The summed E-state index contributed by atoms with van der Waals surface area (Å²) in [5.41, 5.74) is 1.42. The molecule has 0 saturated carbocycles. The van der Waals surface area contributed by atoms with Gasteiger partial charge in [-0.05, 0) is 36.4 Å². The monoisotopic (exact) mass is 391 g/mol. The summed E-state index contributed by atoms with van der Waals surface area (Å²) < 4.78 is 5.84. The summed E-state index contributed by atoms with van der Waals surface area (Å²) in [5, 5.41) is 12.5. The zero-order valence-corrected chi connectivity index (χ0v) is 15.6. The highest BCUT2D eigenvalue weighted by Crippen LogP contribution is 2.29. The van der Waals surface area contributed by atoms with Gasteiger partial charge < -0.3 is 10.1 Å². The lowest BCUT2D eigenvalue weighted by Crippen LogP contribution is -2.02. The number of carbonyl (C=O) groups is 1. The van der Waals surface area contributed by atoms with E-state index in [0.29, 0.717) is 15.7 Å². The molecule has 3 rings (SSSR count). The summed E-state index contributed by atoms with van der Waals surface area (Å²) in [7, 11) is 1.63. The molecule has 0 aliphatic rings. The number of nitrogens with one attached hydrogen (secondary N) is 1. The van der Waals surface area contributed by atoms with Crippen molar-refractivity contribution < 1.29 is 9.53 Å². The molecule has 1 aromatic heterocycles. The van der Waals surface area contributed by atoms with Crippen molar-refractivity contribution in [3.8, 4) is 5.75 Å². The number of thioether (sulfide) groups is 1. The minimum absolute atomic E-state index is 0.0320. The van der Waals surface area contributed by atoms with E-state index < -0.39 is 0 Å².